The molecule has 0 aromatic heterocycles. The zero-order valence-corrected chi connectivity index (χ0v) is 20.4. The molecule has 1 unspecified atom stereocenters. The molecule has 1 N–H and O–H groups in total. The molecule has 0 saturated heterocycles. The number of hydrogen-bond donors (Lipinski definition) is 1. The standard InChI is InChI=1S/C28H31ClN2O3/c1-21(2)18-30-28(33)26(17-22-9-5-3-6-10-22)31(19-23-11-7-4-8-12-23)27(32)20-34-25-15-13-24(29)14-16-25/h3-16,21,26H,17-20H2,1-2H3,(H,30,33). The van der Waals surface area contributed by atoms with E-state index in [1.807, 2.05) is 74.5 Å². The molecule has 3 rings (SSSR count). The summed E-state index contributed by atoms with van der Waals surface area (Å²) in [5.74, 6) is 0.405. The van der Waals surface area contributed by atoms with Gasteiger partial charge in [0.25, 0.3) is 5.91 Å². The number of benzene rings is 3. The van der Waals surface area contributed by atoms with E-state index in [9.17, 15) is 9.59 Å². The minimum absolute atomic E-state index is 0.173. The first-order chi connectivity index (χ1) is 16.4. The van der Waals surface area contributed by atoms with E-state index < -0.39 is 6.04 Å². The second-order valence-corrected chi connectivity index (χ2v) is 9.03. The van der Waals surface area contributed by atoms with Crippen LogP contribution in [0.25, 0.3) is 0 Å². The predicted molar refractivity (Wildman–Crippen MR) is 136 cm³/mol. The van der Waals surface area contributed by atoms with Crippen molar-refractivity contribution in [2.45, 2.75) is 32.9 Å². The SMILES string of the molecule is CC(C)CNC(=O)C(Cc1ccccc1)N(Cc1ccccc1)C(=O)COc1ccc(Cl)cc1. The summed E-state index contributed by atoms with van der Waals surface area (Å²) in [4.78, 5) is 28.4. The molecule has 0 aliphatic rings. The molecule has 0 bridgehead atoms. The molecule has 0 aliphatic heterocycles. The molecule has 3 aromatic rings. The molecule has 0 heterocycles. The van der Waals surface area contributed by atoms with Gasteiger partial charge in [0.05, 0.1) is 0 Å². The summed E-state index contributed by atoms with van der Waals surface area (Å²) in [5.41, 5.74) is 1.92. The van der Waals surface area contributed by atoms with Crippen LogP contribution in [0.1, 0.15) is 25.0 Å². The molecule has 6 heteroatoms. The van der Waals surface area contributed by atoms with Gasteiger partial charge in [0.1, 0.15) is 11.8 Å². The average molecular weight is 479 g/mol. The van der Waals surface area contributed by atoms with Gasteiger partial charge in [0, 0.05) is 24.5 Å². The highest BCUT2D eigenvalue weighted by Gasteiger charge is 2.30. The molecule has 0 fully saturated rings. The zero-order valence-electron chi connectivity index (χ0n) is 19.6. The van der Waals surface area contributed by atoms with Crippen LogP contribution in [0.3, 0.4) is 0 Å². The molecule has 0 saturated carbocycles. The Balaban J connectivity index is 1.86. The molecule has 178 valence electrons. The summed E-state index contributed by atoms with van der Waals surface area (Å²) in [7, 11) is 0. The number of carbonyl (C=O) groups is 2. The third-order valence-corrected chi connectivity index (χ3v) is 5.58. The largest absolute Gasteiger partial charge is 0.484 e. The van der Waals surface area contributed by atoms with Crippen LogP contribution < -0.4 is 10.1 Å². The van der Waals surface area contributed by atoms with Crippen molar-refractivity contribution >= 4 is 23.4 Å². The van der Waals surface area contributed by atoms with Crippen LogP contribution in [0.5, 0.6) is 5.75 Å². The zero-order chi connectivity index (χ0) is 24.3. The number of nitrogens with zero attached hydrogens (tertiary/aromatic N) is 1. The van der Waals surface area contributed by atoms with Gasteiger partial charge in [0.15, 0.2) is 6.61 Å². The quantitative estimate of drug-likeness (QED) is 0.415. The number of halogens is 1. The van der Waals surface area contributed by atoms with Crippen molar-refractivity contribution in [1.29, 1.82) is 0 Å². The maximum Gasteiger partial charge on any atom is 0.261 e. The summed E-state index contributed by atoms with van der Waals surface area (Å²) in [5, 5.41) is 3.61. The fourth-order valence-electron chi connectivity index (χ4n) is 3.52. The number of hydrogen-bond acceptors (Lipinski definition) is 3. The Morgan fingerprint density at radius 2 is 1.47 bits per heavy atom. The molecule has 2 amide bonds. The summed E-state index contributed by atoms with van der Waals surface area (Å²) in [6.45, 7) is 4.74. The number of amides is 2. The Morgan fingerprint density at radius 3 is 2.06 bits per heavy atom. The monoisotopic (exact) mass is 478 g/mol. The van der Waals surface area contributed by atoms with Gasteiger partial charge < -0.3 is 15.0 Å². The van der Waals surface area contributed by atoms with E-state index in [2.05, 4.69) is 5.32 Å². The van der Waals surface area contributed by atoms with E-state index in [1.54, 1.807) is 29.2 Å². The highest BCUT2D eigenvalue weighted by Crippen LogP contribution is 2.18. The van der Waals surface area contributed by atoms with Crippen LogP contribution in [-0.4, -0.2) is 35.9 Å². The first-order valence-electron chi connectivity index (χ1n) is 11.5. The minimum Gasteiger partial charge on any atom is -0.484 e. The fourth-order valence-corrected chi connectivity index (χ4v) is 3.64. The van der Waals surface area contributed by atoms with Crippen LogP contribution in [0.4, 0.5) is 0 Å². The number of nitrogens with one attached hydrogen (secondary N) is 1. The Labute approximate surface area is 206 Å². The van der Waals surface area contributed by atoms with Crippen LogP contribution in [0.2, 0.25) is 5.02 Å². The summed E-state index contributed by atoms with van der Waals surface area (Å²) >= 11 is 5.95. The van der Waals surface area contributed by atoms with Crippen molar-refractivity contribution in [3.05, 3.63) is 101 Å². The molecule has 1 atom stereocenters. The number of carbonyl (C=O) groups excluding carboxylic acids is 2. The molecule has 5 nitrogen and oxygen atoms in total. The van der Waals surface area contributed by atoms with Gasteiger partial charge in [0.2, 0.25) is 5.91 Å². The third kappa shape index (κ3) is 7.92. The van der Waals surface area contributed by atoms with Gasteiger partial charge in [-0.3, -0.25) is 9.59 Å². The Bertz CT molecular complexity index is 1040. The van der Waals surface area contributed by atoms with Crippen molar-refractivity contribution in [3.8, 4) is 5.75 Å². The van der Waals surface area contributed by atoms with Gasteiger partial charge in [-0.1, -0.05) is 86.1 Å². The highest BCUT2D eigenvalue weighted by molar-refractivity contribution is 6.30. The predicted octanol–water partition coefficient (Wildman–Crippen LogP) is 5.13. The van der Waals surface area contributed by atoms with Crippen molar-refractivity contribution in [2.75, 3.05) is 13.2 Å². The lowest BCUT2D eigenvalue weighted by Crippen LogP contribution is -2.52. The smallest absolute Gasteiger partial charge is 0.261 e. The van der Waals surface area contributed by atoms with Crippen molar-refractivity contribution < 1.29 is 14.3 Å². The Kier molecular flexibility index (Phi) is 9.53. The van der Waals surface area contributed by atoms with Gasteiger partial charge in [-0.25, -0.2) is 0 Å². The van der Waals surface area contributed by atoms with Crippen LogP contribution in [-0.2, 0) is 22.6 Å². The summed E-state index contributed by atoms with van der Waals surface area (Å²) in [6, 6.07) is 25.6. The summed E-state index contributed by atoms with van der Waals surface area (Å²) in [6.07, 6.45) is 0.407. The number of ether oxygens (including phenoxy) is 1. The van der Waals surface area contributed by atoms with E-state index in [4.69, 9.17) is 16.3 Å². The Morgan fingerprint density at radius 1 is 0.882 bits per heavy atom. The highest BCUT2D eigenvalue weighted by atomic mass is 35.5. The lowest BCUT2D eigenvalue weighted by molar-refractivity contribution is -0.142. The topological polar surface area (TPSA) is 58.6 Å². The van der Waals surface area contributed by atoms with Gasteiger partial charge in [-0.05, 0) is 41.3 Å². The first-order valence-corrected chi connectivity index (χ1v) is 11.8. The van der Waals surface area contributed by atoms with E-state index in [0.717, 1.165) is 11.1 Å². The third-order valence-electron chi connectivity index (χ3n) is 5.33. The first kappa shape index (κ1) is 25.3. The lowest BCUT2D eigenvalue weighted by atomic mass is 10.0. The van der Waals surface area contributed by atoms with Gasteiger partial charge >= 0.3 is 0 Å². The molecule has 3 aromatic carbocycles. The van der Waals surface area contributed by atoms with Crippen LogP contribution in [0, 0.1) is 5.92 Å². The van der Waals surface area contributed by atoms with E-state index in [-0.39, 0.29) is 18.4 Å². The maximum absolute atomic E-state index is 13.5. The van der Waals surface area contributed by atoms with Crippen molar-refractivity contribution in [3.63, 3.8) is 0 Å². The fraction of sp³-hybridized carbons (Fsp3) is 0.286. The summed E-state index contributed by atoms with van der Waals surface area (Å²) < 4.78 is 5.74. The molecule has 0 aliphatic carbocycles. The normalized spacial score (nSPS) is 11.6. The van der Waals surface area contributed by atoms with Crippen LogP contribution in [0.15, 0.2) is 84.9 Å². The lowest BCUT2D eigenvalue weighted by Gasteiger charge is -2.31. The van der Waals surface area contributed by atoms with Crippen LogP contribution >= 0.6 is 11.6 Å². The van der Waals surface area contributed by atoms with E-state index >= 15 is 0 Å². The van der Waals surface area contributed by atoms with Gasteiger partial charge in [-0.15, -0.1) is 0 Å². The molecular weight excluding hydrogens is 448 g/mol. The second kappa shape index (κ2) is 12.8. The van der Waals surface area contributed by atoms with E-state index in [1.165, 1.54) is 0 Å². The average Bonchev–Trinajstić information content (AvgIpc) is 2.85. The van der Waals surface area contributed by atoms with Gasteiger partial charge in [-0.2, -0.15) is 0 Å². The molecule has 0 radical (unpaired) electrons. The minimum atomic E-state index is -0.678. The molecular formula is C28H31ClN2O3. The second-order valence-electron chi connectivity index (χ2n) is 8.59. The van der Waals surface area contributed by atoms with Crippen molar-refractivity contribution in [2.24, 2.45) is 5.92 Å². The van der Waals surface area contributed by atoms with Crippen molar-refractivity contribution in [1.82, 2.24) is 10.2 Å². The molecule has 0 spiro atoms. The maximum atomic E-state index is 13.5. The number of rotatable bonds is 11. The Hall–Kier alpha value is -3.31. The van der Waals surface area contributed by atoms with E-state index in [0.29, 0.717) is 36.2 Å². The molecule has 34 heavy (non-hydrogen) atoms.